The smallest absolute Gasteiger partial charge is 0.254 e. The fraction of sp³-hybridized carbons (Fsp3) is 0.385. The fourth-order valence-electron chi connectivity index (χ4n) is 1.78. The van der Waals surface area contributed by atoms with E-state index in [1.807, 2.05) is 4.90 Å². The van der Waals surface area contributed by atoms with E-state index in [-0.39, 0.29) is 11.7 Å². The van der Waals surface area contributed by atoms with Crippen LogP contribution in [0, 0.1) is 0 Å². The second-order valence-electron chi connectivity index (χ2n) is 4.28. The molecule has 1 aromatic rings. The van der Waals surface area contributed by atoms with Gasteiger partial charge in [0.2, 0.25) is 0 Å². The molecule has 1 aromatic carbocycles. The van der Waals surface area contributed by atoms with Crippen LogP contribution in [-0.4, -0.2) is 55.0 Å². The molecule has 19 heavy (non-hydrogen) atoms. The van der Waals surface area contributed by atoms with Crippen LogP contribution in [0.4, 0.5) is 0 Å². The number of hydrogen-bond donors (Lipinski definition) is 2. The Hall–Kier alpha value is -1.92. The van der Waals surface area contributed by atoms with Crippen molar-refractivity contribution >= 4 is 12.1 Å². The van der Waals surface area contributed by atoms with Gasteiger partial charge >= 0.3 is 0 Å². The normalized spacial score (nSPS) is 16.6. The summed E-state index contributed by atoms with van der Waals surface area (Å²) in [5.74, 6) is 0.0156. The molecule has 0 aliphatic carbocycles. The molecule has 1 amide bonds. The first kappa shape index (κ1) is 13.5. The molecule has 102 valence electrons. The van der Waals surface area contributed by atoms with Gasteiger partial charge in [-0.25, -0.2) is 5.43 Å². The Labute approximate surface area is 111 Å². The number of ether oxygens (including phenoxy) is 1. The monoisotopic (exact) mass is 263 g/mol. The third-order valence-corrected chi connectivity index (χ3v) is 2.74. The van der Waals surface area contributed by atoms with Gasteiger partial charge in [-0.1, -0.05) is 12.1 Å². The van der Waals surface area contributed by atoms with Gasteiger partial charge in [0.1, 0.15) is 5.75 Å². The van der Waals surface area contributed by atoms with Crippen LogP contribution >= 0.6 is 0 Å². The minimum absolute atomic E-state index is 0.154. The lowest BCUT2D eigenvalue weighted by atomic mass is 10.2. The highest BCUT2D eigenvalue weighted by molar-refractivity contribution is 5.83. The Bertz CT molecular complexity index is 456. The number of benzene rings is 1. The Morgan fingerprint density at radius 1 is 1.47 bits per heavy atom. The van der Waals surface area contributed by atoms with E-state index in [0.717, 1.165) is 18.7 Å². The van der Waals surface area contributed by atoms with Crippen molar-refractivity contribution in [2.45, 2.75) is 0 Å². The van der Waals surface area contributed by atoms with Gasteiger partial charge < -0.3 is 9.84 Å². The zero-order chi connectivity index (χ0) is 13.5. The summed E-state index contributed by atoms with van der Waals surface area (Å²) in [6.07, 6.45) is 1.50. The molecular weight excluding hydrogens is 246 g/mol. The molecule has 0 spiro atoms. The zero-order valence-corrected chi connectivity index (χ0v) is 10.6. The van der Waals surface area contributed by atoms with Crippen LogP contribution in [-0.2, 0) is 9.53 Å². The molecule has 0 radical (unpaired) electrons. The first-order chi connectivity index (χ1) is 9.24. The number of hydrogen-bond acceptors (Lipinski definition) is 5. The van der Waals surface area contributed by atoms with Crippen molar-refractivity contribution in [3.05, 3.63) is 29.8 Å². The van der Waals surface area contributed by atoms with Crippen LogP contribution in [0.5, 0.6) is 5.75 Å². The van der Waals surface area contributed by atoms with Gasteiger partial charge in [0.05, 0.1) is 26.0 Å². The van der Waals surface area contributed by atoms with Crippen molar-refractivity contribution in [3.8, 4) is 5.75 Å². The summed E-state index contributed by atoms with van der Waals surface area (Å²) in [7, 11) is 0. The van der Waals surface area contributed by atoms with E-state index in [0.29, 0.717) is 19.8 Å². The molecule has 1 aliphatic heterocycles. The van der Waals surface area contributed by atoms with Crippen LogP contribution < -0.4 is 5.43 Å². The molecule has 6 nitrogen and oxygen atoms in total. The number of aromatic hydroxyl groups is 1. The van der Waals surface area contributed by atoms with Crippen LogP contribution in [0.2, 0.25) is 0 Å². The third-order valence-electron chi connectivity index (χ3n) is 2.74. The molecule has 1 aliphatic rings. The van der Waals surface area contributed by atoms with E-state index in [1.54, 1.807) is 24.3 Å². The van der Waals surface area contributed by atoms with Crippen molar-refractivity contribution in [1.82, 2.24) is 10.3 Å². The molecule has 1 heterocycles. The molecule has 0 atom stereocenters. The van der Waals surface area contributed by atoms with Crippen molar-refractivity contribution in [1.29, 1.82) is 0 Å². The lowest BCUT2D eigenvalue weighted by molar-refractivity contribution is -0.123. The van der Waals surface area contributed by atoms with E-state index in [2.05, 4.69) is 10.5 Å². The van der Waals surface area contributed by atoms with Crippen LogP contribution in [0.1, 0.15) is 5.56 Å². The van der Waals surface area contributed by atoms with Gasteiger partial charge in [-0.3, -0.25) is 9.69 Å². The number of phenols is 1. The molecule has 0 saturated carbocycles. The minimum atomic E-state index is -0.154. The number of phenolic OH excluding ortho intramolecular Hbond substituents is 1. The number of nitrogens with one attached hydrogen (secondary N) is 1. The van der Waals surface area contributed by atoms with Gasteiger partial charge in [0.15, 0.2) is 0 Å². The number of rotatable bonds is 4. The fourth-order valence-corrected chi connectivity index (χ4v) is 1.78. The summed E-state index contributed by atoms with van der Waals surface area (Å²) in [6, 6.07) is 6.65. The van der Waals surface area contributed by atoms with Crippen LogP contribution in [0.15, 0.2) is 29.4 Å². The Morgan fingerprint density at radius 2 is 2.26 bits per heavy atom. The minimum Gasteiger partial charge on any atom is -0.508 e. The molecule has 2 rings (SSSR count). The highest BCUT2D eigenvalue weighted by Crippen LogP contribution is 2.08. The number of carbonyl (C=O) groups is 1. The first-order valence-corrected chi connectivity index (χ1v) is 6.15. The second kappa shape index (κ2) is 6.86. The van der Waals surface area contributed by atoms with Gasteiger partial charge in [-0.05, 0) is 17.7 Å². The van der Waals surface area contributed by atoms with Crippen molar-refractivity contribution in [3.63, 3.8) is 0 Å². The zero-order valence-electron chi connectivity index (χ0n) is 10.6. The maximum atomic E-state index is 11.6. The first-order valence-electron chi connectivity index (χ1n) is 6.15. The summed E-state index contributed by atoms with van der Waals surface area (Å²) in [5.41, 5.74) is 3.19. The summed E-state index contributed by atoms with van der Waals surface area (Å²) >= 11 is 0. The van der Waals surface area contributed by atoms with Gasteiger partial charge in [-0.2, -0.15) is 5.10 Å². The molecule has 0 unspecified atom stereocenters. The van der Waals surface area contributed by atoms with E-state index >= 15 is 0 Å². The van der Waals surface area contributed by atoms with Crippen LogP contribution in [0.3, 0.4) is 0 Å². The van der Waals surface area contributed by atoms with E-state index in [1.165, 1.54) is 6.21 Å². The summed E-state index contributed by atoms with van der Waals surface area (Å²) in [4.78, 5) is 13.6. The molecule has 1 fully saturated rings. The number of morpholine rings is 1. The molecule has 6 heteroatoms. The van der Waals surface area contributed by atoms with Crippen molar-refractivity contribution in [2.75, 3.05) is 32.8 Å². The summed E-state index contributed by atoms with van der Waals surface area (Å²) in [5, 5.41) is 13.1. The predicted octanol–water partition coefficient (Wildman–Crippen LogP) is 0.175. The maximum Gasteiger partial charge on any atom is 0.254 e. The van der Waals surface area contributed by atoms with Crippen LogP contribution in [0.25, 0.3) is 0 Å². The van der Waals surface area contributed by atoms with Crippen molar-refractivity contribution < 1.29 is 14.6 Å². The number of nitrogens with zero attached hydrogens (tertiary/aromatic N) is 2. The van der Waals surface area contributed by atoms with E-state index < -0.39 is 0 Å². The summed E-state index contributed by atoms with van der Waals surface area (Å²) < 4.78 is 5.20. The average molecular weight is 263 g/mol. The number of hydrazone groups is 1. The third kappa shape index (κ3) is 4.69. The lowest BCUT2D eigenvalue weighted by Crippen LogP contribution is -2.42. The predicted molar refractivity (Wildman–Crippen MR) is 71.1 cm³/mol. The van der Waals surface area contributed by atoms with Gasteiger partial charge in [0.25, 0.3) is 5.91 Å². The largest absolute Gasteiger partial charge is 0.508 e. The lowest BCUT2D eigenvalue weighted by Gasteiger charge is -2.25. The molecule has 0 aromatic heterocycles. The van der Waals surface area contributed by atoms with E-state index in [4.69, 9.17) is 4.74 Å². The standard InChI is InChI=1S/C13H17N3O3/c17-12-3-1-2-11(8-12)9-14-15-13(18)10-16-4-6-19-7-5-16/h1-3,8-9,17H,4-7,10H2,(H,15,18)/b14-9-. The summed E-state index contributed by atoms with van der Waals surface area (Å²) in [6.45, 7) is 3.19. The highest BCUT2D eigenvalue weighted by atomic mass is 16.5. The number of amides is 1. The quantitative estimate of drug-likeness (QED) is 0.600. The van der Waals surface area contributed by atoms with E-state index in [9.17, 15) is 9.90 Å². The topological polar surface area (TPSA) is 74.2 Å². The van der Waals surface area contributed by atoms with Gasteiger partial charge in [-0.15, -0.1) is 0 Å². The Kier molecular flexibility index (Phi) is 4.88. The number of carbonyl (C=O) groups excluding carboxylic acids is 1. The maximum absolute atomic E-state index is 11.6. The molecule has 1 saturated heterocycles. The Morgan fingerprint density at radius 3 is 3.00 bits per heavy atom. The molecule has 2 N–H and O–H groups in total. The highest BCUT2D eigenvalue weighted by Gasteiger charge is 2.13. The average Bonchev–Trinajstić information content (AvgIpc) is 2.40. The Balaban J connectivity index is 1.76. The van der Waals surface area contributed by atoms with Crippen molar-refractivity contribution in [2.24, 2.45) is 5.10 Å². The SMILES string of the molecule is O=C(CN1CCOCC1)N/N=C\c1cccc(O)c1. The van der Waals surface area contributed by atoms with Gasteiger partial charge in [0, 0.05) is 13.1 Å². The molecule has 0 bridgehead atoms. The second-order valence-corrected chi connectivity index (χ2v) is 4.28. The molecular formula is C13H17N3O3.